The van der Waals surface area contributed by atoms with Gasteiger partial charge in [-0.1, -0.05) is 26.2 Å². The van der Waals surface area contributed by atoms with Crippen LogP contribution < -0.4 is 5.32 Å². The molecular formula is C14H26F2N2. The lowest BCUT2D eigenvalue weighted by Crippen LogP contribution is -2.59. The first kappa shape index (κ1) is 14.2. The molecule has 4 heteroatoms. The van der Waals surface area contributed by atoms with Crippen molar-refractivity contribution in [3.63, 3.8) is 0 Å². The van der Waals surface area contributed by atoms with E-state index in [1.165, 1.54) is 32.1 Å². The molecule has 0 amide bonds. The van der Waals surface area contributed by atoms with E-state index in [2.05, 4.69) is 17.1 Å². The predicted octanol–water partition coefficient (Wildman–Crippen LogP) is 2.88. The van der Waals surface area contributed by atoms with Gasteiger partial charge in [0.2, 0.25) is 0 Å². The highest BCUT2D eigenvalue weighted by Gasteiger charge is 2.34. The lowest BCUT2D eigenvalue weighted by molar-refractivity contribution is 0.0156. The van der Waals surface area contributed by atoms with Gasteiger partial charge in [0.25, 0.3) is 6.43 Å². The van der Waals surface area contributed by atoms with Gasteiger partial charge in [-0.05, 0) is 25.2 Å². The summed E-state index contributed by atoms with van der Waals surface area (Å²) in [6, 6.07) is 0.727. The van der Waals surface area contributed by atoms with E-state index in [1.54, 1.807) is 0 Å². The maximum Gasteiger partial charge on any atom is 0.251 e. The number of hydrogen-bond acceptors (Lipinski definition) is 2. The molecule has 0 aromatic heterocycles. The van der Waals surface area contributed by atoms with Crippen LogP contribution in [0.4, 0.5) is 8.78 Å². The molecule has 0 radical (unpaired) electrons. The zero-order chi connectivity index (χ0) is 13.0. The van der Waals surface area contributed by atoms with E-state index in [1.807, 2.05) is 0 Å². The van der Waals surface area contributed by atoms with Gasteiger partial charge in [-0.2, -0.15) is 0 Å². The average molecular weight is 260 g/mol. The summed E-state index contributed by atoms with van der Waals surface area (Å²) in [5.41, 5.74) is 0. The molecule has 0 aromatic rings. The van der Waals surface area contributed by atoms with Crippen molar-refractivity contribution >= 4 is 0 Å². The summed E-state index contributed by atoms with van der Waals surface area (Å²) >= 11 is 0. The number of nitrogens with one attached hydrogen (secondary N) is 1. The normalized spacial score (nSPS) is 32.0. The highest BCUT2D eigenvalue weighted by Crippen LogP contribution is 2.30. The molecule has 106 valence electrons. The Bertz CT molecular complexity index is 242. The van der Waals surface area contributed by atoms with E-state index in [9.17, 15) is 8.78 Å². The van der Waals surface area contributed by atoms with Crippen LogP contribution in [-0.4, -0.2) is 43.0 Å². The second-order valence-corrected chi connectivity index (χ2v) is 5.82. The van der Waals surface area contributed by atoms with Gasteiger partial charge in [-0.25, -0.2) is 8.78 Å². The van der Waals surface area contributed by atoms with Crippen LogP contribution in [-0.2, 0) is 0 Å². The molecular weight excluding hydrogens is 234 g/mol. The summed E-state index contributed by atoms with van der Waals surface area (Å²) in [7, 11) is 0. The van der Waals surface area contributed by atoms with Gasteiger partial charge in [0.15, 0.2) is 0 Å². The topological polar surface area (TPSA) is 15.3 Å². The number of rotatable bonds is 4. The molecule has 1 N–H and O–H groups in total. The number of piperazine rings is 1. The van der Waals surface area contributed by atoms with Crippen LogP contribution in [0.5, 0.6) is 0 Å². The SMILES string of the molecule is CCC1CN(CC(F)F)C(C2CCCCC2)CN1. The number of halogens is 2. The van der Waals surface area contributed by atoms with Gasteiger partial charge in [0.05, 0.1) is 6.54 Å². The van der Waals surface area contributed by atoms with E-state index < -0.39 is 6.43 Å². The molecule has 2 unspecified atom stereocenters. The fourth-order valence-corrected chi connectivity index (χ4v) is 3.54. The molecule has 1 heterocycles. The Morgan fingerprint density at radius 3 is 2.56 bits per heavy atom. The molecule has 0 aromatic carbocycles. The maximum atomic E-state index is 12.7. The summed E-state index contributed by atoms with van der Waals surface area (Å²) in [5, 5.41) is 3.53. The first-order chi connectivity index (χ1) is 8.70. The molecule has 2 fully saturated rings. The molecule has 1 aliphatic heterocycles. The number of alkyl halides is 2. The van der Waals surface area contributed by atoms with E-state index in [0.717, 1.165) is 19.5 Å². The Balaban J connectivity index is 1.96. The Kier molecular flexibility index (Phi) is 5.37. The van der Waals surface area contributed by atoms with Gasteiger partial charge in [-0.3, -0.25) is 4.90 Å². The minimum absolute atomic E-state index is 0.0423. The van der Waals surface area contributed by atoms with E-state index in [0.29, 0.717) is 18.0 Å². The van der Waals surface area contributed by atoms with Crippen LogP contribution in [0.1, 0.15) is 45.4 Å². The standard InChI is InChI=1S/C14H26F2N2/c1-2-12-9-18(10-14(15)16)13(8-17-12)11-6-4-3-5-7-11/h11-14,17H,2-10H2,1H3. The zero-order valence-electron chi connectivity index (χ0n) is 11.4. The van der Waals surface area contributed by atoms with Crippen molar-refractivity contribution in [3.05, 3.63) is 0 Å². The van der Waals surface area contributed by atoms with Crippen molar-refractivity contribution in [2.45, 2.75) is 64.0 Å². The Morgan fingerprint density at radius 2 is 1.94 bits per heavy atom. The second-order valence-electron chi connectivity index (χ2n) is 5.82. The molecule has 0 spiro atoms. The Labute approximate surface area is 109 Å². The average Bonchev–Trinajstić information content (AvgIpc) is 2.39. The van der Waals surface area contributed by atoms with Crippen molar-refractivity contribution in [2.24, 2.45) is 5.92 Å². The molecule has 0 bridgehead atoms. The molecule has 1 saturated carbocycles. The predicted molar refractivity (Wildman–Crippen MR) is 70.0 cm³/mol. The molecule has 18 heavy (non-hydrogen) atoms. The van der Waals surface area contributed by atoms with Crippen LogP contribution in [0.25, 0.3) is 0 Å². The number of hydrogen-bond donors (Lipinski definition) is 1. The lowest BCUT2D eigenvalue weighted by atomic mass is 9.82. The lowest BCUT2D eigenvalue weighted by Gasteiger charge is -2.44. The first-order valence-corrected chi connectivity index (χ1v) is 7.46. The van der Waals surface area contributed by atoms with Crippen LogP contribution in [0.15, 0.2) is 0 Å². The molecule has 2 atom stereocenters. The quantitative estimate of drug-likeness (QED) is 0.836. The molecule has 1 aliphatic carbocycles. The van der Waals surface area contributed by atoms with Crippen LogP contribution in [0.3, 0.4) is 0 Å². The Morgan fingerprint density at radius 1 is 1.22 bits per heavy atom. The van der Waals surface area contributed by atoms with Gasteiger partial charge in [-0.15, -0.1) is 0 Å². The smallest absolute Gasteiger partial charge is 0.251 e. The third kappa shape index (κ3) is 3.64. The highest BCUT2D eigenvalue weighted by molar-refractivity contribution is 4.90. The van der Waals surface area contributed by atoms with Crippen molar-refractivity contribution in [2.75, 3.05) is 19.6 Å². The molecule has 2 nitrogen and oxygen atoms in total. The fraction of sp³-hybridized carbons (Fsp3) is 1.00. The summed E-state index contributed by atoms with van der Waals surface area (Å²) < 4.78 is 25.5. The molecule has 1 saturated heterocycles. The summed E-state index contributed by atoms with van der Waals surface area (Å²) in [6.45, 7) is 3.77. The maximum absolute atomic E-state index is 12.7. The molecule has 2 aliphatic rings. The minimum Gasteiger partial charge on any atom is -0.311 e. The summed E-state index contributed by atoms with van der Waals surface area (Å²) in [4.78, 5) is 2.06. The molecule has 2 rings (SSSR count). The second kappa shape index (κ2) is 6.80. The van der Waals surface area contributed by atoms with E-state index >= 15 is 0 Å². The van der Waals surface area contributed by atoms with Gasteiger partial charge in [0.1, 0.15) is 0 Å². The monoisotopic (exact) mass is 260 g/mol. The first-order valence-electron chi connectivity index (χ1n) is 7.46. The van der Waals surface area contributed by atoms with Crippen molar-refractivity contribution in [3.8, 4) is 0 Å². The largest absolute Gasteiger partial charge is 0.311 e. The fourth-order valence-electron chi connectivity index (χ4n) is 3.54. The van der Waals surface area contributed by atoms with Crippen LogP contribution in [0.2, 0.25) is 0 Å². The van der Waals surface area contributed by atoms with Gasteiger partial charge < -0.3 is 5.32 Å². The van der Waals surface area contributed by atoms with Crippen LogP contribution in [0, 0.1) is 5.92 Å². The van der Waals surface area contributed by atoms with Crippen molar-refractivity contribution in [1.82, 2.24) is 10.2 Å². The van der Waals surface area contributed by atoms with Crippen LogP contribution >= 0.6 is 0 Å². The number of nitrogens with zero attached hydrogens (tertiary/aromatic N) is 1. The van der Waals surface area contributed by atoms with Gasteiger partial charge >= 0.3 is 0 Å². The summed E-state index contributed by atoms with van der Waals surface area (Å²) in [6.07, 6.45) is 5.15. The van der Waals surface area contributed by atoms with E-state index in [-0.39, 0.29) is 6.54 Å². The van der Waals surface area contributed by atoms with E-state index in [4.69, 9.17) is 0 Å². The zero-order valence-corrected chi connectivity index (χ0v) is 11.4. The van der Waals surface area contributed by atoms with Gasteiger partial charge in [0, 0.05) is 25.2 Å². The van der Waals surface area contributed by atoms with Crippen molar-refractivity contribution in [1.29, 1.82) is 0 Å². The summed E-state index contributed by atoms with van der Waals surface area (Å²) in [5.74, 6) is 0.628. The third-order valence-corrected chi connectivity index (χ3v) is 4.60. The minimum atomic E-state index is -2.20. The third-order valence-electron chi connectivity index (χ3n) is 4.60. The van der Waals surface area contributed by atoms with Crippen molar-refractivity contribution < 1.29 is 8.78 Å². The highest BCUT2D eigenvalue weighted by atomic mass is 19.3. The Hall–Kier alpha value is -0.220.